The second-order valence-corrected chi connectivity index (χ2v) is 23.0. The zero-order chi connectivity index (χ0) is 86.5. The normalized spacial score (nSPS) is 10.8. The van der Waals surface area contributed by atoms with Gasteiger partial charge in [0, 0.05) is 42.6 Å². The molecule has 0 heterocycles. The van der Waals surface area contributed by atoms with Crippen molar-refractivity contribution in [3.05, 3.63) is 388 Å². The van der Waals surface area contributed by atoms with Crippen LogP contribution in [0.1, 0.15) is 274 Å². The van der Waals surface area contributed by atoms with E-state index in [0.717, 1.165) is 24.2 Å². The highest BCUT2D eigenvalue weighted by atomic mass is 15.1. The number of benzene rings is 13. The average molecular weight is 1540 g/mol. The second-order valence-electron chi connectivity index (χ2n) is 23.0. The van der Waals surface area contributed by atoms with Crippen LogP contribution >= 0.6 is 0 Å². The number of fused-ring (bicyclic) bond motifs is 12. The van der Waals surface area contributed by atoms with Crippen molar-refractivity contribution in [3.8, 4) is 44.5 Å². The quantitative estimate of drug-likeness (QED) is 0.142. The molecule has 13 aromatic carbocycles. The standard InChI is InChI=1S/C63H43N.C20H17N.15C2H6/c1-6-22-44(23-7-1)62(45-24-8-2-9-25-45)57-35-19-18-33-52(57)54-41-60-55(42-59(54)62)53-38-37-49(40-58(53)63(60,46-26-10-3-11-27-46)47-28-12-4-13-29-47)64(48-30-14-5-15-31-48)61-36-20-34-51-50-32-17-16-21-43(50)39-56(51)61;1-21(16-9-3-2-4-10-16)20-13-7-12-18-17-11-6-5-8-15(17)14-19(18)20;15*1-2/h1-38,40-42H,39H2;2-13H,14H2,1H3;15*1-2H3. The zero-order valence-corrected chi connectivity index (χ0v) is 77.4. The van der Waals surface area contributed by atoms with E-state index in [9.17, 15) is 0 Å². The first-order valence-corrected chi connectivity index (χ1v) is 44.8. The number of anilines is 5. The third-order valence-electron chi connectivity index (χ3n) is 18.8. The van der Waals surface area contributed by atoms with Gasteiger partial charge in [-0.1, -0.05) is 469 Å². The van der Waals surface area contributed by atoms with Crippen LogP contribution in [0.25, 0.3) is 44.5 Å². The molecule has 0 aliphatic heterocycles. The van der Waals surface area contributed by atoms with Crippen LogP contribution < -0.4 is 9.80 Å². The Morgan fingerprint density at radius 1 is 0.191 bits per heavy atom. The molecule has 2 heteroatoms. The maximum atomic E-state index is 2.58. The number of nitrogens with zero attached hydrogens (tertiary/aromatic N) is 2. The molecule has 0 saturated carbocycles. The van der Waals surface area contributed by atoms with Crippen molar-refractivity contribution in [2.24, 2.45) is 0 Å². The van der Waals surface area contributed by atoms with E-state index < -0.39 is 10.8 Å². The molecule has 0 atom stereocenters. The summed E-state index contributed by atoms with van der Waals surface area (Å²) >= 11 is 0. The van der Waals surface area contributed by atoms with Crippen molar-refractivity contribution in [2.45, 2.75) is 231 Å². The zero-order valence-electron chi connectivity index (χ0n) is 77.4. The molecule has 0 N–H and O–H groups in total. The fraction of sp³-hybridized carbons (Fsp3) is 0.310. The average Bonchev–Trinajstić information content (AvgIpc) is 1.51. The Morgan fingerprint density at radius 3 is 0.835 bits per heavy atom. The lowest BCUT2D eigenvalue weighted by molar-refractivity contribution is 0.759. The molecule has 13 aromatic rings. The molecule has 0 amide bonds. The monoisotopic (exact) mass is 1540 g/mol. The summed E-state index contributed by atoms with van der Waals surface area (Å²) in [5.41, 5.74) is 31.3. The van der Waals surface area contributed by atoms with Gasteiger partial charge in [-0.05, 0) is 172 Å². The highest BCUT2D eigenvalue weighted by Gasteiger charge is 2.51. The van der Waals surface area contributed by atoms with Gasteiger partial charge in [0.25, 0.3) is 0 Å². The molecule has 115 heavy (non-hydrogen) atoms. The lowest BCUT2D eigenvalue weighted by Crippen LogP contribution is -2.30. The van der Waals surface area contributed by atoms with E-state index in [-0.39, 0.29) is 0 Å². The van der Waals surface area contributed by atoms with Crippen molar-refractivity contribution < 1.29 is 0 Å². The van der Waals surface area contributed by atoms with Gasteiger partial charge in [-0.25, -0.2) is 0 Å². The van der Waals surface area contributed by atoms with E-state index in [4.69, 9.17) is 0 Å². The third-order valence-corrected chi connectivity index (χ3v) is 18.8. The molecule has 0 fully saturated rings. The number of hydrogen-bond acceptors (Lipinski definition) is 2. The lowest BCUT2D eigenvalue weighted by atomic mass is 9.66. The van der Waals surface area contributed by atoms with Gasteiger partial charge in [0.05, 0.1) is 16.5 Å². The van der Waals surface area contributed by atoms with E-state index in [1.807, 2.05) is 208 Å². The van der Waals surface area contributed by atoms with E-state index in [1.54, 1.807) is 0 Å². The Balaban J connectivity index is 0.00000108. The Labute approximate surface area is 704 Å². The number of rotatable bonds is 9. The largest absolute Gasteiger partial charge is 0.344 e. The van der Waals surface area contributed by atoms with Crippen molar-refractivity contribution in [1.29, 1.82) is 0 Å². The van der Waals surface area contributed by atoms with Crippen molar-refractivity contribution in [1.82, 2.24) is 0 Å². The van der Waals surface area contributed by atoms with E-state index in [0.29, 0.717) is 0 Å². The fourth-order valence-corrected chi connectivity index (χ4v) is 15.1. The summed E-state index contributed by atoms with van der Waals surface area (Å²) in [6.07, 6.45) is 1.93. The van der Waals surface area contributed by atoms with Gasteiger partial charge >= 0.3 is 0 Å². The maximum absolute atomic E-state index is 2.58. The summed E-state index contributed by atoms with van der Waals surface area (Å²) in [6, 6.07) is 119. The molecule has 612 valence electrons. The SMILES string of the molecule is CC.CC.CC.CC.CC.CC.CC.CC.CC.CC.CC.CC.CC.CC.CC.CN(c1ccccc1)c1cccc2c1Cc1ccccc1-2.c1ccc(N(c2ccc3c(c2)C(c2ccccc2)(c2ccccc2)c2cc4c(cc2-3)C(c2ccccc2)(c2ccccc2)c2ccccc2-4)c2cccc3c2Cc2ccccc2-3)cc1. The summed E-state index contributed by atoms with van der Waals surface area (Å²) < 4.78 is 0. The minimum Gasteiger partial charge on any atom is -0.344 e. The molecule has 0 aromatic heterocycles. The van der Waals surface area contributed by atoms with Crippen LogP contribution in [-0.2, 0) is 23.7 Å². The molecule has 0 saturated heterocycles. The third kappa shape index (κ3) is 22.1. The first-order chi connectivity index (χ1) is 57.1. The van der Waals surface area contributed by atoms with Crippen LogP contribution in [0.3, 0.4) is 0 Å². The van der Waals surface area contributed by atoms with Gasteiger partial charge in [0.15, 0.2) is 0 Å². The highest BCUT2D eigenvalue weighted by Crippen LogP contribution is 2.63. The lowest BCUT2D eigenvalue weighted by Gasteiger charge is -2.36. The summed E-state index contributed by atoms with van der Waals surface area (Å²) in [5, 5.41) is 0. The Bertz CT molecular complexity index is 4570. The first kappa shape index (κ1) is 102. The van der Waals surface area contributed by atoms with Crippen molar-refractivity contribution in [2.75, 3.05) is 16.8 Å². The van der Waals surface area contributed by atoms with E-state index >= 15 is 0 Å². The van der Waals surface area contributed by atoms with Crippen LogP contribution in [-0.4, -0.2) is 7.05 Å². The second kappa shape index (κ2) is 57.5. The molecule has 0 radical (unpaired) electrons. The number of para-hydroxylation sites is 2. The molecule has 0 unspecified atom stereocenters. The smallest absolute Gasteiger partial charge is 0.0714 e. The van der Waals surface area contributed by atoms with Crippen LogP contribution in [0.2, 0.25) is 0 Å². The summed E-state index contributed by atoms with van der Waals surface area (Å²) in [7, 11) is 2.15. The minimum atomic E-state index is -0.616. The maximum Gasteiger partial charge on any atom is 0.0714 e. The molecule has 0 spiro atoms. The van der Waals surface area contributed by atoms with Gasteiger partial charge in [-0.15, -0.1) is 0 Å². The molecule has 4 aliphatic carbocycles. The van der Waals surface area contributed by atoms with Crippen LogP contribution in [0.4, 0.5) is 28.4 Å². The van der Waals surface area contributed by atoms with E-state index in [1.165, 1.54) is 128 Å². The molecule has 4 aliphatic rings. The number of hydrogen-bond donors (Lipinski definition) is 0. The summed E-state index contributed by atoms with van der Waals surface area (Å²) in [4.78, 5) is 4.78. The summed E-state index contributed by atoms with van der Waals surface area (Å²) in [6.45, 7) is 60.0. The Hall–Kier alpha value is -10.5. The minimum absolute atomic E-state index is 0.510. The molecule has 0 bridgehead atoms. The predicted molar refractivity (Wildman–Crippen MR) is 523 cm³/mol. The summed E-state index contributed by atoms with van der Waals surface area (Å²) in [5.74, 6) is 0. The first-order valence-electron chi connectivity index (χ1n) is 44.8. The van der Waals surface area contributed by atoms with Gasteiger partial charge in [-0.2, -0.15) is 0 Å². The van der Waals surface area contributed by atoms with Crippen LogP contribution in [0.5, 0.6) is 0 Å². The molecular formula is C113H150N2. The highest BCUT2D eigenvalue weighted by molar-refractivity contribution is 5.97. The van der Waals surface area contributed by atoms with E-state index in [2.05, 4.69) is 338 Å². The topological polar surface area (TPSA) is 6.48 Å². The van der Waals surface area contributed by atoms with Gasteiger partial charge < -0.3 is 9.80 Å². The van der Waals surface area contributed by atoms with Gasteiger partial charge in [0.2, 0.25) is 0 Å². The Morgan fingerprint density at radius 2 is 0.461 bits per heavy atom. The molecule has 2 nitrogen and oxygen atoms in total. The van der Waals surface area contributed by atoms with Gasteiger partial charge in [0.1, 0.15) is 0 Å². The molecule has 17 rings (SSSR count). The van der Waals surface area contributed by atoms with Crippen molar-refractivity contribution >= 4 is 28.4 Å². The van der Waals surface area contributed by atoms with Crippen LogP contribution in [0.15, 0.2) is 322 Å². The predicted octanol–water partition coefficient (Wildman–Crippen LogP) is 35.9. The van der Waals surface area contributed by atoms with Crippen molar-refractivity contribution in [3.63, 3.8) is 0 Å². The van der Waals surface area contributed by atoms with Crippen LogP contribution in [0, 0.1) is 0 Å². The Kier molecular flexibility index (Phi) is 51.2. The molecular weight excluding hydrogens is 1390 g/mol. The van der Waals surface area contributed by atoms with Gasteiger partial charge in [-0.3, -0.25) is 0 Å². The fourth-order valence-electron chi connectivity index (χ4n) is 15.1.